The fourth-order valence-corrected chi connectivity index (χ4v) is 6.01. The zero-order valence-electron chi connectivity index (χ0n) is 29.8. The molecule has 0 saturated carbocycles. The standard InChI is InChI=1S/C40H40N10O3/c1-26-4-9-32(44-38(51)28-7-5-27(6-8-28)25-50-18-16-49(2)17-19-50)21-35(26)46-40-42-15-14-34(45-40)29-20-30(24-41-23-29)36-22-37(48-47-36)39(52)43-31-10-12-33(53-3)13-11-31/h4-15,20-21,23-24H,16-19,22,25H2,1-3H3,(H,43,52)(H,44,51)(H,42,45,46). The Bertz CT molecular complexity index is 2180. The van der Waals surface area contributed by atoms with Crippen LogP contribution in [-0.4, -0.2) is 88.3 Å². The number of aryl methyl sites for hydroxylation is 1. The highest BCUT2D eigenvalue weighted by Gasteiger charge is 2.22. The third-order valence-electron chi connectivity index (χ3n) is 9.22. The fraction of sp³-hybridized carbons (Fsp3) is 0.225. The Morgan fingerprint density at radius 2 is 1.55 bits per heavy atom. The second-order valence-corrected chi connectivity index (χ2v) is 13.1. The molecule has 2 aliphatic rings. The molecule has 2 aromatic heterocycles. The van der Waals surface area contributed by atoms with Gasteiger partial charge in [-0.15, -0.1) is 5.10 Å². The zero-order chi connectivity index (χ0) is 36.7. The lowest BCUT2D eigenvalue weighted by Gasteiger charge is -2.32. The number of hydrogen-bond acceptors (Lipinski definition) is 11. The molecule has 0 spiro atoms. The summed E-state index contributed by atoms with van der Waals surface area (Å²) in [4.78, 5) is 44.4. The number of methoxy groups -OCH3 is 1. The van der Waals surface area contributed by atoms with Gasteiger partial charge in [0.05, 0.1) is 18.5 Å². The number of aromatic nitrogens is 3. The van der Waals surface area contributed by atoms with Crippen LogP contribution in [-0.2, 0) is 11.3 Å². The molecule has 0 radical (unpaired) electrons. The second kappa shape index (κ2) is 15.9. The highest BCUT2D eigenvalue weighted by Crippen LogP contribution is 2.26. The Kier molecular flexibility index (Phi) is 10.6. The van der Waals surface area contributed by atoms with Gasteiger partial charge in [0.15, 0.2) is 0 Å². The van der Waals surface area contributed by atoms with Crippen LogP contribution in [0.4, 0.5) is 23.0 Å². The number of pyridine rings is 1. The third-order valence-corrected chi connectivity index (χ3v) is 9.22. The first-order chi connectivity index (χ1) is 25.8. The maximum Gasteiger partial charge on any atom is 0.272 e. The van der Waals surface area contributed by atoms with Crippen molar-refractivity contribution in [2.45, 2.75) is 19.9 Å². The lowest BCUT2D eigenvalue weighted by molar-refractivity contribution is -0.110. The van der Waals surface area contributed by atoms with E-state index in [1.807, 2.05) is 55.5 Å². The normalized spacial score (nSPS) is 14.6. The van der Waals surface area contributed by atoms with Crippen LogP contribution < -0.4 is 20.7 Å². The van der Waals surface area contributed by atoms with Crippen molar-refractivity contribution in [3.8, 4) is 17.0 Å². The largest absolute Gasteiger partial charge is 0.497 e. The molecule has 13 heteroatoms. The summed E-state index contributed by atoms with van der Waals surface area (Å²) in [5.41, 5.74) is 7.84. The van der Waals surface area contributed by atoms with Crippen molar-refractivity contribution in [2.75, 3.05) is 56.3 Å². The molecule has 1 saturated heterocycles. The number of rotatable bonds is 11. The summed E-state index contributed by atoms with van der Waals surface area (Å²) in [6.07, 6.45) is 5.33. The Morgan fingerprint density at radius 3 is 2.32 bits per heavy atom. The van der Waals surface area contributed by atoms with Crippen LogP contribution >= 0.6 is 0 Å². The van der Waals surface area contributed by atoms with Gasteiger partial charge in [-0.05, 0) is 85.8 Å². The van der Waals surface area contributed by atoms with Gasteiger partial charge >= 0.3 is 0 Å². The molecular formula is C40H40N10O3. The predicted molar refractivity (Wildman–Crippen MR) is 207 cm³/mol. The average molecular weight is 709 g/mol. The lowest BCUT2D eigenvalue weighted by Crippen LogP contribution is -2.43. The van der Waals surface area contributed by atoms with Gasteiger partial charge in [0, 0.05) is 91.5 Å². The molecule has 4 heterocycles. The van der Waals surface area contributed by atoms with E-state index in [9.17, 15) is 9.59 Å². The molecule has 2 aliphatic heterocycles. The van der Waals surface area contributed by atoms with Gasteiger partial charge in [-0.2, -0.15) is 5.10 Å². The summed E-state index contributed by atoms with van der Waals surface area (Å²) in [5.74, 6) is 0.577. The number of nitrogens with zero attached hydrogens (tertiary/aromatic N) is 7. The lowest BCUT2D eigenvalue weighted by atomic mass is 10.0. The quantitative estimate of drug-likeness (QED) is 0.155. The highest BCUT2D eigenvalue weighted by atomic mass is 16.5. The molecule has 0 atom stereocenters. The van der Waals surface area contributed by atoms with Gasteiger partial charge in [-0.25, -0.2) is 9.97 Å². The highest BCUT2D eigenvalue weighted by molar-refractivity contribution is 6.47. The Morgan fingerprint density at radius 1 is 0.811 bits per heavy atom. The number of carbonyl (C=O) groups excluding carboxylic acids is 2. The number of benzene rings is 3. The van der Waals surface area contributed by atoms with Crippen LogP contribution in [0.2, 0.25) is 0 Å². The minimum absolute atomic E-state index is 0.182. The van der Waals surface area contributed by atoms with Crippen LogP contribution in [0.15, 0.2) is 108 Å². The van der Waals surface area contributed by atoms with Crippen LogP contribution in [0.5, 0.6) is 5.75 Å². The van der Waals surface area contributed by atoms with E-state index in [0.29, 0.717) is 45.8 Å². The number of likely N-dealkylation sites (N-methyl/N-ethyl adjacent to an activating group) is 1. The van der Waals surface area contributed by atoms with E-state index in [-0.39, 0.29) is 18.2 Å². The van der Waals surface area contributed by atoms with Crippen LogP contribution in [0.1, 0.15) is 33.5 Å². The van der Waals surface area contributed by atoms with Gasteiger partial charge in [0.25, 0.3) is 11.8 Å². The van der Waals surface area contributed by atoms with Crippen LogP contribution in [0.3, 0.4) is 0 Å². The van der Waals surface area contributed by atoms with E-state index in [1.54, 1.807) is 56.0 Å². The topological polar surface area (TPSA) is 149 Å². The number of hydrogen-bond donors (Lipinski definition) is 3. The van der Waals surface area contributed by atoms with Crippen molar-refractivity contribution in [2.24, 2.45) is 10.2 Å². The minimum Gasteiger partial charge on any atom is -0.497 e. The fourth-order valence-electron chi connectivity index (χ4n) is 6.01. The Labute approximate surface area is 307 Å². The van der Waals surface area contributed by atoms with Crippen molar-refractivity contribution in [3.63, 3.8) is 0 Å². The molecule has 268 valence electrons. The third kappa shape index (κ3) is 8.78. The molecule has 2 amide bonds. The number of amides is 2. The summed E-state index contributed by atoms with van der Waals surface area (Å²) in [5, 5.41) is 17.6. The molecule has 3 aromatic carbocycles. The van der Waals surface area contributed by atoms with Crippen LogP contribution in [0.25, 0.3) is 11.3 Å². The summed E-state index contributed by atoms with van der Waals surface area (Å²) in [6.45, 7) is 7.09. The first-order valence-corrected chi connectivity index (χ1v) is 17.4. The zero-order valence-corrected chi connectivity index (χ0v) is 29.8. The molecule has 7 rings (SSSR count). The van der Waals surface area contributed by atoms with Crippen molar-refractivity contribution in [1.82, 2.24) is 24.8 Å². The first-order valence-electron chi connectivity index (χ1n) is 17.4. The number of ether oxygens (including phenoxy) is 1. The number of nitrogens with one attached hydrogen (secondary N) is 3. The van der Waals surface area contributed by atoms with Crippen molar-refractivity contribution >= 4 is 46.2 Å². The van der Waals surface area contributed by atoms with Crippen molar-refractivity contribution in [1.29, 1.82) is 0 Å². The van der Waals surface area contributed by atoms with E-state index in [0.717, 1.165) is 55.1 Å². The first kappa shape index (κ1) is 35.1. The molecule has 0 unspecified atom stereocenters. The number of carbonyl (C=O) groups is 2. The second-order valence-electron chi connectivity index (χ2n) is 13.1. The molecule has 5 aromatic rings. The Hall–Kier alpha value is -6.31. The molecule has 1 fully saturated rings. The van der Waals surface area contributed by atoms with Gasteiger partial charge in [0.2, 0.25) is 5.95 Å². The van der Waals surface area contributed by atoms with Gasteiger partial charge in [-0.1, -0.05) is 18.2 Å². The van der Waals surface area contributed by atoms with Gasteiger partial charge in [0.1, 0.15) is 11.5 Å². The van der Waals surface area contributed by atoms with Gasteiger partial charge in [-0.3, -0.25) is 19.5 Å². The van der Waals surface area contributed by atoms with Crippen LogP contribution in [0, 0.1) is 6.92 Å². The van der Waals surface area contributed by atoms with Crippen molar-refractivity contribution in [3.05, 3.63) is 120 Å². The monoisotopic (exact) mass is 708 g/mol. The molecule has 0 aliphatic carbocycles. The van der Waals surface area contributed by atoms with E-state index in [1.165, 1.54) is 5.56 Å². The average Bonchev–Trinajstić information content (AvgIpc) is 3.69. The van der Waals surface area contributed by atoms with E-state index in [4.69, 9.17) is 9.72 Å². The van der Waals surface area contributed by atoms with E-state index in [2.05, 4.69) is 53.0 Å². The molecular weight excluding hydrogens is 669 g/mol. The SMILES string of the molecule is COc1ccc(NC(=O)C2=NN=C(c3cncc(-c4ccnc(Nc5cc(NC(=O)c6ccc(CN7CCN(C)CC7)cc6)ccc5C)n4)c3)C2)cc1. The molecule has 0 bridgehead atoms. The van der Waals surface area contributed by atoms with E-state index < -0.39 is 0 Å². The predicted octanol–water partition coefficient (Wildman–Crippen LogP) is 5.79. The smallest absolute Gasteiger partial charge is 0.272 e. The molecule has 13 nitrogen and oxygen atoms in total. The van der Waals surface area contributed by atoms with Crippen molar-refractivity contribution < 1.29 is 14.3 Å². The minimum atomic E-state index is -0.325. The van der Waals surface area contributed by atoms with Gasteiger partial charge < -0.3 is 25.6 Å². The Balaban J connectivity index is 0.970. The summed E-state index contributed by atoms with van der Waals surface area (Å²) in [7, 11) is 3.74. The maximum absolute atomic E-state index is 13.2. The summed E-state index contributed by atoms with van der Waals surface area (Å²) < 4.78 is 5.18. The van der Waals surface area contributed by atoms with E-state index >= 15 is 0 Å². The maximum atomic E-state index is 13.2. The summed E-state index contributed by atoms with van der Waals surface area (Å²) >= 11 is 0. The number of piperazine rings is 1. The number of anilines is 4. The molecule has 53 heavy (non-hydrogen) atoms. The summed E-state index contributed by atoms with van der Waals surface area (Å²) in [6, 6.07) is 24.3. The molecule has 3 N–H and O–H groups in total.